The maximum atomic E-state index is 5.22. The Bertz CT molecular complexity index is 336. The van der Waals surface area contributed by atoms with Crippen molar-refractivity contribution in [3.8, 4) is 5.88 Å². The Labute approximate surface area is 111 Å². The fraction of sp³-hybridized carbons (Fsp3) is 0.583. The first-order valence-corrected chi connectivity index (χ1v) is 6.38. The lowest BCUT2D eigenvalue weighted by Gasteiger charge is -2.20. The van der Waals surface area contributed by atoms with Gasteiger partial charge in [0.15, 0.2) is 0 Å². The van der Waals surface area contributed by atoms with E-state index in [-0.39, 0.29) is 0 Å². The second-order valence-electron chi connectivity index (χ2n) is 3.92. The van der Waals surface area contributed by atoms with E-state index in [1.54, 1.807) is 20.4 Å². The lowest BCUT2D eigenvalue weighted by atomic mass is 10.2. The van der Waals surface area contributed by atoms with Crippen molar-refractivity contribution in [1.82, 2.24) is 9.88 Å². The molecule has 1 unspecified atom stereocenters. The van der Waals surface area contributed by atoms with Crippen molar-refractivity contribution in [3.63, 3.8) is 0 Å². The molecule has 96 valence electrons. The molecule has 1 aromatic rings. The lowest BCUT2D eigenvalue weighted by molar-refractivity contribution is 0.184. The van der Waals surface area contributed by atoms with Crippen molar-refractivity contribution in [2.75, 3.05) is 34.4 Å². The Morgan fingerprint density at radius 2 is 2.24 bits per heavy atom. The molecule has 1 heterocycles. The van der Waals surface area contributed by atoms with Crippen LogP contribution in [-0.4, -0.2) is 49.1 Å². The van der Waals surface area contributed by atoms with Crippen LogP contribution in [0.5, 0.6) is 5.88 Å². The summed E-state index contributed by atoms with van der Waals surface area (Å²) in [5.41, 5.74) is 1.09. The van der Waals surface area contributed by atoms with Gasteiger partial charge in [0.05, 0.1) is 18.5 Å². The summed E-state index contributed by atoms with van der Waals surface area (Å²) in [6, 6.07) is 3.95. The Balaban J connectivity index is 2.52. The molecule has 0 spiro atoms. The SMILES string of the molecule is COCC(Br)CN(C)Cc1cccnc1OC. The third-order valence-electron chi connectivity index (χ3n) is 2.34. The minimum atomic E-state index is 0.333. The molecular weight excluding hydrogens is 284 g/mol. The van der Waals surface area contributed by atoms with Crippen LogP contribution in [0, 0.1) is 0 Å². The number of nitrogens with zero attached hydrogens (tertiary/aromatic N) is 2. The van der Waals surface area contributed by atoms with E-state index in [1.807, 2.05) is 12.1 Å². The van der Waals surface area contributed by atoms with E-state index in [4.69, 9.17) is 9.47 Å². The van der Waals surface area contributed by atoms with Crippen molar-refractivity contribution >= 4 is 15.9 Å². The summed E-state index contributed by atoms with van der Waals surface area (Å²) >= 11 is 3.57. The summed E-state index contributed by atoms with van der Waals surface area (Å²) < 4.78 is 10.3. The molecule has 0 radical (unpaired) electrons. The number of methoxy groups -OCH3 is 2. The van der Waals surface area contributed by atoms with Gasteiger partial charge in [-0.2, -0.15) is 0 Å². The number of pyridine rings is 1. The number of ether oxygens (including phenoxy) is 2. The van der Waals surface area contributed by atoms with Crippen LogP contribution in [0.2, 0.25) is 0 Å². The first-order chi connectivity index (χ1) is 8.17. The Morgan fingerprint density at radius 1 is 1.47 bits per heavy atom. The number of halogens is 1. The first-order valence-electron chi connectivity index (χ1n) is 5.46. The number of hydrogen-bond donors (Lipinski definition) is 0. The fourth-order valence-corrected chi connectivity index (χ4v) is 2.41. The molecule has 4 nitrogen and oxygen atoms in total. The topological polar surface area (TPSA) is 34.6 Å². The standard InChI is InChI=1S/C12H19BrN2O2/c1-15(8-11(13)9-16-2)7-10-5-4-6-14-12(10)17-3/h4-6,11H,7-9H2,1-3H3. The van der Waals surface area contributed by atoms with E-state index in [0.717, 1.165) is 18.7 Å². The van der Waals surface area contributed by atoms with Crippen LogP contribution >= 0.6 is 15.9 Å². The lowest BCUT2D eigenvalue weighted by Crippen LogP contribution is -2.28. The summed E-state index contributed by atoms with van der Waals surface area (Å²) in [6.07, 6.45) is 1.74. The molecule has 0 saturated heterocycles. The molecule has 1 rings (SSSR count). The van der Waals surface area contributed by atoms with Crippen LogP contribution in [0.15, 0.2) is 18.3 Å². The largest absolute Gasteiger partial charge is 0.481 e. The minimum Gasteiger partial charge on any atom is -0.481 e. The quantitative estimate of drug-likeness (QED) is 0.721. The van der Waals surface area contributed by atoms with Crippen LogP contribution in [0.4, 0.5) is 0 Å². The highest BCUT2D eigenvalue weighted by atomic mass is 79.9. The highest BCUT2D eigenvalue weighted by molar-refractivity contribution is 9.09. The van der Waals surface area contributed by atoms with Crippen LogP contribution in [0.1, 0.15) is 5.56 Å². The molecular formula is C12H19BrN2O2. The van der Waals surface area contributed by atoms with Gasteiger partial charge in [-0.05, 0) is 13.1 Å². The first kappa shape index (κ1) is 14.4. The van der Waals surface area contributed by atoms with E-state index in [0.29, 0.717) is 17.3 Å². The van der Waals surface area contributed by atoms with Gasteiger partial charge in [0.25, 0.3) is 0 Å². The van der Waals surface area contributed by atoms with Gasteiger partial charge in [-0.3, -0.25) is 0 Å². The van der Waals surface area contributed by atoms with E-state index in [2.05, 4.69) is 32.9 Å². The van der Waals surface area contributed by atoms with Gasteiger partial charge >= 0.3 is 0 Å². The summed E-state index contributed by atoms with van der Waals surface area (Å²) in [5.74, 6) is 0.692. The summed E-state index contributed by atoms with van der Waals surface area (Å²) in [5, 5.41) is 0. The smallest absolute Gasteiger partial charge is 0.217 e. The molecule has 0 aliphatic rings. The van der Waals surface area contributed by atoms with E-state index >= 15 is 0 Å². The van der Waals surface area contributed by atoms with Gasteiger partial charge in [0.1, 0.15) is 0 Å². The summed E-state index contributed by atoms with van der Waals surface area (Å²) in [7, 11) is 5.42. The van der Waals surface area contributed by atoms with Gasteiger partial charge in [0.2, 0.25) is 5.88 Å². The monoisotopic (exact) mass is 302 g/mol. The maximum absolute atomic E-state index is 5.22. The normalized spacial score (nSPS) is 12.8. The molecule has 1 aromatic heterocycles. The molecule has 17 heavy (non-hydrogen) atoms. The molecule has 5 heteroatoms. The maximum Gasteiger partial charge on any atom is 0.217 e. The highest BCUT2D eigenvalue weighted by Crippen LogP contribution is 2.16. The summed E-state index contributed by atoms with van der Waals surface area (Å²) in [4.78, 5) is 6.72. The van der Waals surface area contributed by atoms with Crippen molar-refractivity contribution in [3.05, 3.63) is 23.9 Å². The van der Waals surface area contributed by atoms with Gasteiger partial charge in [-0.15, -0.1) is 0 Å². The predicted octanol–water partition coefficient (Wildman–Crippen LogP) is 1.93. The van der Waals surface area contributed by atoms with E-state index in [1.165, 1.54) is 0 Å². The molecule has 0 aliphatic heterocycles. The molecule has 0 N–H and O–H groups in total. The second-order valence-corrected chi connectivity index (χ2v) is 5.22. The third-order valence-corrected chi connectivity index (χ3v) is 2.89. The van der Waals surface area contributed by atoms with Crippen LogP contribution < -0.4 is 4.74 Å². The number of aromatic nitrogens is 1. The molecule has 0 aliphatic carbocycles. The van der Waals surface area contributed by atoms with Crippen LogP contribution in [-0.2, 0) is 11.3 Å². The van der Waals surface area contributed by atoms with Crippen molar-refractivity contribution < 1.29 is 9.47 Å². The second kappa shape index (κ2) is 7.63. The van der Waals surface area contributed by atoms with E-state index < -0.39 is 0 Å². The highest BCUT2D eigenvalue weighted by Gasteiger charge is 2.10. The van der Waals surface area contributed by atoms with E-state index in [9.17, 15) is 0 Å². The number of hydrogen-bond acceptors (Lipinski definition) is 4. The fourth-order valence-electron chi connectivity index (χ4n) is 1.66. The molecule has 1 atom stereocenters. The van der Waals surface area contributed by atoms with Crippen molar-refractivity contribution in [1.29, 1.82) is 0 Å². The van der Waals surface area contributed by atoms with Gasteiger partial charge in [-0.1, -0.05) is 22.0 Å². The Morgan fingerprint density at radius 3 is 2.88 bits per heavy atom. The predicted molar refractivity (Wildman–Crippen MR) is 71.7 cm³/mol. The average molecular weight is 303 g/mol. The van der Waals surface area contributed by atoms with Gasteiger partial charge in [-0.25, -0.2) is 4.98 Å². The number of alkyl halides is 1. The molecule has 0 saturated carbocycles. The van der Waals surface area contributed by atoms with Crippen molar-refractivity contribution in [2.24, 2.45) is 0 Å². The Kier molecular flexibility index (Phi) is 6.47. The zero-order valence-electron chi connectivity index (χ0n) is 10.5. The summed E-state index contributed by atoms with van der Waals surface area (Å²) in [6.45, 7) is 2.42. The molecule has 0 aromatic carbocycles. The van der Waals surface area contributed by atoms with Gasteiger partial charge in [0, 0.05) is 32.0 Å². The minimum absolute atomic E-state index is 0.333. The molecule has 0 bridgehead atoms. The van der Waals surface area contributed by atoms with Crippen LogP contribution in [0.25, 0.3) is 0 Å². The van der Waals surface area contributed by atoms with Crippen molar-refractivity contribution in [2.45, 2.75) is 11.4 Å². The molecule has 0 amide bonds. The molecule has 0 fully saturated rings. The van der Waals surface area contributed by atoms with Crippen LogP contribution in [0.3, 0.4) is 0 Å². The zero-order valence-corrected chi connectivity index (χ0v) is 12.1. The average Bonchev–Trinajstić information content (AvgIpc) is 2.29. The number of rotatable bonds is 7. The third kappa shape index (κ3) is 5.02. The Hall–Kier alpha value is -0.650. The van der Waals surface area contributed by atoms with Gasteiger partial charge < -0.3 is 14.4 Å². The zero-order chi connectivity index (χ0) is 12.7.